The summed E-state index contributed by atoms with van der Waals surface area (Å²) in [5.74, 6) is -0.00661. The zero-order chi connectivity index (χ0) is 17.8. The van der Waals surface area contributed by atoms with E-state index in [4.69, 9.17) is 9.47 Å². The lowest BCUT2D eigenvalue weighted by molar-refractivity contribution is -0.386. The first-order valence-electron chi connectivity index (χ1n) is 8.65. The minimum atomic E-state index is -0.884. The predicted molar refractivity (Wildman–Crippen MR) is 91.6 cm³/mol. The molecule has 25 heavy (non-hydrogen) atoms. The van der Waals surface area contributed by atoms with Crippen LogP contribution in [0.25, 0.3) is 0 Å². The van der Waals surface area contributed by atoms with Crippen molar-refractivity contribution >= 4 is 11.4 Å². The molecule has 2 saturated heterocycles. The number of nitro benzene ring substituents is 1. The van der Waals surface area contributed by atoms with Gasteiger partial charge in [-0.05, 0) is 25.2 Å². The van der Waals surface area contributed by atoms with Crippen molar-refractivity contribution in [2.24, 2.45) is 5.92 Å². The van der Waals surface area contributed by atoms with Crippen molar-refractivity contribution in [2.75, 3.05) is 45.3 Å². The summed E-state index contributed by atoms with van der Waals surface area (Å²) in [6, 6.07) is 2.61. The van der Waals surface area contributed by atoms with Crippen LogP contribution >= 0.6 is 0 Å². The molecule has 2 fully saturated rings. The molecule has 138 valence electrons. The van der Waals surface area contributed by atoms with Crippen LogP contribution in [0, 0.1) is 21.8 Å². The second-order valence-corrected chi connectivity index (χ2v) is 6.71. The number of benzene rings is 1. The Balaban J connectivity index is 1.61. The Morgan fingerprint density at radius 2 is 2.16 bits per heavy atom. The van der Waals surface area contributed by atoms with Crippen LogP contribution in [0.2, 0.25) is 0 Å². The Bertz CT molecular complexity index is 614. The van der Waals surface area contributed by atoms with Gasteiger partial charge in [-0.1, -0.05) is 0 Å². The number of rotatable bonds is 6. The number of nitrogens with one attached hydrogen (secondary N) is 1. The summed E-state index contributed by atoms with van der Waals surface area (Å²) in [6.07, 6.45) is 2.85. The van der Waals surface area contributed by atoms with Gasteiger partial charge in [0.05, 0.1) is 18.6 Å². The number of nitro groups is 1. The molecule has 1 aromatic carbocycles. The third-order valence-electron chi connectivity index (χ3n) is 4.94. The Hall–Kier alpha value is -1.93. The fraction of sp³-hybridized carbons (Fsp3) is 0.647. The number of nitrogens with zero attached hydrogens (tertiary/aromatic N) is 2. The van der Waals surface area contributed by atoms with E-state index in [2.05, 4.69) is 10.2 Å². The SMILES string of the molecule is COc1cc(F)c([N+](=O)[O-])c(NC2CCN(CC3CCOC3)CC2)c1. The van der Waals surface area contributed by atoms with E-state index < -0.39 is 16.4 Å². The van der Waals surface area contributed by atoms with E-state index in [1.165, 1.54) is 13.2 Å². The third kappa shape index (κ3) is 4.38. The standard InChI is InChI=1S/C17H24FN3O4/c1-24-14-8-15(18)17(21(22)23)16(9-14)19-13-2-5-20(6-3-13)10-12-4-7-25-11-12/h8-9,12-13,19H,2-7,10-11H2,1H3. The monoisotopic (exact) mass is 353 g/mol. The number of piperidine rings is 1. The fourth-order valence-corrected chi connectivity index (χ4v) is 3.56. The molecular formula is C17H24FN3O4. The molecule has 1 N–H and O–H groups in total. The lowest BCUT2D eigenvalue weighted by Gasteiger charge is -2.34. The van der Waals surface area contributed by atoms with E-state index in [1.54, 1.807) is 0 Å². The molecule has 1 unspecified atom stereocenters. The topological polar surface area (TPSA) is 76.9 Å². The van der Waals surface area contributed by atoms with Gasteiger partial charge in [-0.15, -0.1) is 0 Å². The zero-order valence-corrected chi connectivity index (χ0v) is 14.4. The molecule has 0 amide bonds. The van der Waals surface area contributed by atoms with Gasteiger partial charge < -0.3 is 19.7 Å². The molecule has 2 aliphatic rings. The molecule has 0 aromatic heterocycles. The van der Waals surface area contributed by atoms with Crippen LogP contribution in [-0.2, 0) is 4.74 Å². The van der Waals surface area contributed by atoms with E-state index in [9.17, 15) is 14.5 Å². The maximum atomic E-state index is 14.0. The second kappa shape index (κ2) is 7.97. The number of anilines is 1. The quantitative estimate of drug-likeness (QED) is 0.626. The Labute approximate surface area is 146 Å². The summed E-state index contributed by atoms with van der Waals surface area (Å²) in [5.41, 5.74) is -0.337. The zero-order valence-electron chi connectivity index (χ0n) is 14.4. The first kappa shape index (κ1) is 17.9. The molecule has 8 heteroatoms. The maximum Gasteiger partial charge on any atom is 0.327 e. The molecule has 3 rings (SSSR count). The van der Waals surface area contributed by atoms with Crippen LogP contribution in [0.5, 0.6) is 5.75 Å². The van der Waals surface area contributed by atoms with Gasteiger partial charge in [0, 0.05) is 44.4 Å². The van der Waals surface area contributed by atoms with Crippen molar-refractivity contribution in [3.8, 4) is 5.75 Å². The van der Waals surface area contributed by atoms with Gasteiger partial charge in [0.15, 0.2) is 0 Å². The van der Waals surface area contributed by atoms with Crippen molar-refractivity contribution in [1.29, 1.82) is 0 Å². The van der Waals surface area contributed by atoms with Gasteiger partial charge in [0.25, 0.3) is 0 Å². The molecule has 2 heterocycles. The second-order valence-electron chi connectivity index (χ2n) is 6.71. The minimum Gasteiger partial charge on any atom is -0.497 e. The smallest absolute Gasteiger partial charge is 0.327 e. The van der Waals surface area contributed by atoms with E-state index in [-0.39, 0.29) is 17.5 Å². The van der Waals surface area contributed by atoms with Gasteiger partial charge in [-0.3, -0.25) is 10.1 Å². The Kier molecular flexibility index (Phi) is 5.70. The summed E-state index contributed by atoms with van der Waals surface area (Å²) >= 11 is 0. The van der Waals surface area contributed by atoms with Gasteiger partial charge in [0.2, 0.25) is 5.82 Å². The molecule has 1 aromatic rings. The Morgan fingerprint density at radius 3 is 2.76 bits per heavy atom. The molecule has 0 radical (unpaired) electrons. The third-order valence-corrected chi connectivity index (χ3v) is 4.94. The van der Waals surface area contributed by atoms with Crippen molar-refractivity contribution in [3.63, 3.8) is 0 Å². The van der Waals surface area contributed by atoms with Crippen LogP contribution in [-0.4, -0.2) is 55.8 Å². The van der Waals surface area contributed by atoms with Crippen LogP contribution in [0.15, 0.2) is 12.1 Å². The van der Waals surface area contributed by atoms with Crippen LogP contribution in [0.4, 0.5) is 15.8 Å². The summed E-state index contributed by atoms with van der Waals surface area (Å²) in [7, 11) is 1.41. The van der Waals surface area contributed by atoms with Crippen molar-refractivity contribution in [3.05, 3.63) is 28.1 Å². The average molecular weight is 353 g/mol. The first-order chi connectivity index (χ1) is 12.1. The number of ether oxygens (including phenoxy) is 2. The highest BCUT2D eigenvalue weighted by Gasteiger charge is 2.27. The van der Waals surface area contributed by atoms with E-state index in [0.29, 0.717) is 5.92 Å². The predicted octanol–water partition coefficient (Wildman–Crippen LogP) is 2.66. The molecule has 7 nitrogen and oxygen atoms in total. The Morgan fingerprint density at radius 1 is 1.40 bits per heavy atom. The lowest BCUT2D eigenvalue weighted by Crippen LogP contribution is -2.41. The molecule has 0 spiro atoms. The van der Waals surface area contributed by atoms with Crippen LogP contribution in [0.1, 0.15) is 19.3 Å². The first-order valence-corrected chi connectivity index (χ1v) is 8.65. The summed E-state index contributed by atoms with van der Waals surface area (Å²) in [5, 5.41) is 14.3. The molecule has 0 bridgehead atoms. The van der Waals surface area contributed by atoms with Gasteiger partial charge >= 0.3 is 5.69 Å². The maximum absolute atomic E-state index is 14.0. The highest BCUT2D eigenvalue weighted by molar-refractivity contribution is 5.65. The van der Waals surface area contributed by atoms with Crippen molar-refractivity contribution < 1.29 is 18.8 Å². The molecular weight excluding hydrogens is 329 g/mol. The molecule has 1 atom stereocenters. The van der Waals surface area contributed by atoms with Gasteiger partial charge in [-0.25, -0.2) is 0 Å². The average Bonchev–Trinajstić information content (AvgIpc) is 3.08. The molecule has 2 aliphatic heterocycles. The fourth-order valence-electron chi connectivity index (χ4n) is 3.56. The normalized spacial score (nSPS) is 22.1. The number of halogens is 1. The number of likely N-dealkylation sites (tertiary alicyclic amines) is 1. The van der Waals surface area contributed by atoms with Gasteiger partial charge in [-0.2, -0.15) is 4.39 Å². The highest BCUT2D eigenvalue weighted by Crippen LogP contribution is 2.33. The minimum absolute atomic E-state index is 0.0845. The summed E-state index contributed by atoms with van der Waals surface area (Å²) in [4.78, 5) is 12.9. The summed E-state index contributed by atoms with van der Waals surface area (Å²) < 4.78 is 24.5. The highest BCUT2D eigenvalue weighted by atomic mass is 19.1. The molecule has 0 aliphatic carbocycles. The van der Waals surface area contributed by atoms with Gasteiger partial charge in [0.1, 0.15) is 11.4 Å². The van der Waals surface area contributed by atoms with Crippen molar-refractivity contribution in [2.45, 2.75) is 25.3 Å². The lowest BCUT2D eigenvalue weighted by atomic mass is 10.0. The van der Waals surface area contributed by atoms with Crippen molar-refractivity contribution in [1.82, 2.24) is 4.90 Å². The summed E-state index contributed by atoms with van der Waals surface area (Å²) in [6.45, 7) is 4.59. The molecule has 0 saturated carbocycles. The number of hydrogen-bond acceptors (Lipinski definition) is 6. The number of methoxy groups -OCH3 is 1. The van der Waals surface area contributed by atoms with E-state index >= 15 is 0 Å². The van der Waals surface area contributed by atoms with E-state index in [1.807, 2.05) is 0 Å². The largest absolute Gasteiger partial charge is 0.497 e. The van der Waals surface area contributed by atoms with Crippen LogP contribution in [0.3, 0.4) is 0 Å². The van der Waals surface area contributed by atoms with Crippen LogP contribution < -0.4 is 10.1 Å². The van der Waals surface area contributed by atoms with E-state index in [0.717, 1.165) is 58.2 Å². The number of hydrogen-bond donors (Lipinski definition) is 1.